The van der Waals surface area contributed by atoms with Crippen LogP contribution in [-0.4, -0.2) is 52.5 Å². The van der Waals surface area contributed by atoms with Gasteiger partial charge in [0.2, 0.25) is 5.91 Å². The van der Waals surface area contributed by atoms with E-state index in [2.05, 4.69) is 34.1 Å². The molecule has 35 heavy (non-hydrogen) atoms. The van der Waals surface area contributed by atoms with Crippen LogP contribution in [0.2, 0.25) is 0 Å². The second-order valence-electron chi connectivity index (χ2n) is 12.1. The van der Waals surface area contributed by atoms with Gasteiger partial charge in [-0.05, 0) is 89.2 Å². The summed E-state index contributed by atoms with van der Waals surface area (Å²) >= 11 is 0. The third-order valence-corrected chi connectivity index (χ3v) is 8.39. The molecule has 6 nitrogen and oxygen atoms in total. The quantitative estimate of drug-likeness (QED) is 0.579. The van der Waals surface area contributed by atoms with Gasteiger partial charge in [0.1, 0.15) is 5.60 Å². The minimum atomic E-state index is -0.480. The molecule has 190 valence electrons. The lowest BCUT2D eigenvalue weighted by molar-refractivity contribution is -0.142. The largest absolute Gasteiger partial charge is 0.444 e. The number of ether oxygens (including phenoxy) is 1. The van der Waals surface area contributed by atoms with Gasteiger partial charge < -0.3 is 19.5 Å². The Balaban J connectivity index is 1.24. The Hall–Kier alpha value is -2.50. The maximum absolute atomic E-state index is 13.9. The van der Waals surface area contributed by atoms with Gasteiger partial charge in [-0.1, -0.05) is 24.6 Å². The summed E-state index contributed by atoms with van der Waals surface area (Å²) < 4.78 is 5.50. The fourth-order valence-corrected chi connectivity index (χ4v) is 6.39. The molecule has 1 N–H and O–H groups in total. The number of nitrogens with one attached hydrogen (secondary N) is 1. The number of nitrogens with zero attached hydrogens (tertiary/aromatic N) is 2. The number of amides is 2. The average molecular weight is 480 g/mol. The van der Waals surface area contributed by atoms with Crippen molar-refractivity contribution in [2.45, 2.75) is 83.8 Å². The highest BCUT2D eigenvalue weighted by Crippen LogP contribution is 2.47. The van der Waals surface area contributed by atoms with E-state index in [4.69, 9.17) is 4.74 Å². The second-order valence-corrected chi connectivity index (χ2v) is 12.1. The number of H-pyrrole nitrogens is 1. The maximum atomic E-state index is 13.9. The smallest absolute Gasteiger partial charge is 0.410 e. The molecule has 0 radical (unpaired) electrons. The second kappa shape index (κ2) is 9.51. The summed E-state index contributed by atoms with van der Waals surface area (Å²) in [4.78, 5) is 33.9. The van der Waals surface area contributed by atoms with Gasteiger partial charge in [0.15, 0.2) is 0 Å². The van der Waals surface area contributed by atoms with Gasteiger partial charge in [0, 0.05) is 42.7 Å². The summed E-state index contributed by atoms with van der Waals surface area (Å²) in [6.45, 7) is 7.21. The van der Waals surface area contributed by atoms with Crippen molar-refractivity contribution in [3.8, 4) is 0 Å². The van der Waals surface area contributed by atoms with Gasteiger partial charge in [-0.3, -0.25) is 4.79 Å². The Morgan fingerprint density at radius 1 is 1.09 bits per heavy atom. The van der Waals surface area contributed by atoms with Gasteiger partial charge in [0.05, 0.1) is 6.04 Å². The molecule has 2 aromatic rings. The van der Waals surface area contributed by atoms with Crippen molar-refractivity contribution in [1.29, 1.82) is 0 Å². The predicted molar refractivity (Wildman–Crippen MR) is 138 cm³/mol. The van der Waals surface area contributed by atoms with Crippen LogP contribution in [0.25, 0.3) is 10.9 Å². The molecule has 3 aliphatic rings. The monoisotopic (exact) mass is 479 g/mol. The van der Waals surface area contributed by atoms with Crippen LogP contribution in [0.5, 0.6) is 0 Å². The minimum absolute atomic E-state index is 0.103. The molecular weight excluding hydrogens is 438 g/mol. The molecule has 0 spiro atoms. The predicted octanol–water partition coefficient (Wildman–Crippen LogP) is 6.07. The molecule has 0 saturated heterocycles. The molecular formula is C29H41N3O3. The van der Waals surface area contributed by atoms with Crippen molar-refractivity contribution < 1.29 is 14.3 Å². The van der Waals surface area contributed by atoms with Crippen molar-refractivity contribution in [2.24, 2.45) is 17.8 Å². The van der Waals surface area contributed by atoms with E-state index in [1.54, 1.807) is 4.90 Å². The molecule has 6 heteroatoms. The lowest BCUT2D eigenvalue weighted by atomic mass is 9.74. The number of rotatable bonds is 4. The molecule has 1 unspecified atom stereocenters. The van der Waals surface area contributed by atoms with Crippen LogP contribution >= 0.6 is 0 Å². The summed E-state index contributed by atoms with van der Waals surface area (Å²) in [7, 11) is 1.82. The number of aromatic amines is 1. The molecule has 5 rings (SSSR count). The Kier molecular flexibility index (Phi) is 6.58. The molecule has 0 bridgehead atoms. The number of hydrogen-bond acceptors (Lipinski definition) is 3. The molecule has 1 atom stereocenters. The number of carbonyl (C=O) groups excluding carboxylic acids is 2. The lowest BCUT2D eigenvalue weighted by Gasteiger charge is -2.45. The number of benzene rings is 1. The third-order valence-electron chi connectivity index (χ3n) is 8.39. The van der Waals surface area contributed by atoms with Crippen LogP contribution in [0.3, 0.4) is 0 Å². The van der Waals surface area contributed by atoms with Crippen molar-refractivity contribution in [2.75, 3.05) is 20.1 Å². The molecule has 2 heterocycles. The van der Waals surface area contributed by atoms with Crippen molar-refractivity contribution in [3.63, 3.8) is 0 Å². The Labute approximate surface area is 209 Å². The molecule has 1 aromatic heterocycles. The Morgan fingerprint density at radius 3 is 2.46 bits per heavy atom. The van der Waals surface area contributed by atoms with E-state index < -0.39 is 5.60 Å². The summed E-state index contributed by atoms with van der Waals surface area (Å²) in [5, 5.41) is 1.33. The number of hydrogen-bond donors (Lipinski definition) is 1. The van der Waals surface area contributed by atoms with E-state index in [-0.39, 0.29) is 18.1 Å². The third kappa shape index (κ3) is 4.94. The van der Waals surface area contributed by atoms with E-state index in [1.165, 1.54) is 41.4 Å². The highest BCUT2D eigenvalue weighted by molar-refractivity contribution is 5.86. The van der Waals surface area contributed by atoms with E-state index >= 15 is 0 Å². The summed E-state index contributed by atoms with van der Waals surface area (Å²) in [5.74, 6) is 1.46. The van der Waals surface area contributed by atoms with Crippen LogP contribution in [0.15, 0.2) is 24.3 Å². The first-order valence-corrected chi connectivity index (χ1v) is 13.6. The van der Waals surface area contributed by atoms with E-state index in [1.807, 2.05) is 27.8 Å². The van der Waals surface area contributed by atoms with Crippen molar-refractivity contribution in [1.82, 2.24) is 14.8 Å². The van der Waals surface area contributed by atoms with Gasteiger partial charge in [-0.25, -0.2) is 4.79 Å². The van der Waals surface area contributed by atoms with Crippen molar-refractivity contribution in [3.05, 3.63) is 35.5 Å². The Morgan fingerprint density at radius 2 is 1.80 bits per heavy atom. The standard InChI is InChI=1S/C29H41N3O3/c1-29(2,3)35-28(34)31(4)18-19-12-14-21(15-13-19)27(33)32-17-16-23-22-10-5-6-11-24(22)30-25(23)26(32)20-8-7-9-20/h5-6,10-11,19-21,26,30H,7-9,12-18H2,1-4H3. The van der Waals surface area contributed by atoms with E-state index in [9.17, 15) is 9.59 Å². The highest BCUT2D eigenvalue weighted by atomic mass is 16.6. The molecule has 2 amide bonds. The fourth-order valence-electron chi connectivity index (χ4n) is 6.39. The summed E-state index contributed by atoms with van der Waals surface area (Å²) in [5.41, 5.74) is 3.44. The number of carbonyl (C=O) groups is 2. The number of para-hydroxylation sites is 1. The van der Waals surface area contributed by atoms with Crippen LogP contribution in [0.4, 0.5) is 4.79 Å². The van der Waals surface area contributed by atoms with Crippen LogP contribution < -0.4 is 0 Å². The van der Waals surface area contributed by atoms with Gasteiger partial charge in [-0.15, -0.1) is 0 Å². The normalized spacial score (nSPS) is 25.1. The first kappa shape index (κ1) is 24.2. The average Bonchev–Trinajstić information content (AvgIpc) is 3.16. The SMILES string of the molecule is CN(CC1CCC(C(=O)N2CCc3c([nH]c4ccccc34)C2C2CCC2)CC1)C(=O)OC(C)(C)C. The Bertz CT molecular complexity index is 1070. The maximum Gasteiger partial charge on any atom is 0.410 e. The topological polar surface area (TPSA) is 65.6 Å². The molecule has 2 fully saturated rings. The zero-order valence-electron chi connectivity index (χ0n) is 21.8. The zero-order valence-corrected chi connectivity index (χ0v) is 21.8. The van der Waals surface area contributed by atoms with Crippen LogP contribution in [0, 0.1) is 17.8 Å². The van der Waals surface area contributed by atoms with Gasteiger partial charge in [0.25, 0.3) is 0 Å². The molecule has 1 aromatic carbocycles. The first-order chi connectivity index (χ1) is 16.7. The molecule has 1 aliphatic heterocycles. The number of aromatic nitrogens is 1. The van der Waals surface area contributed by atoms with Gasteiger partial charge in [-0.2, -0.15) is 0 Å². The first-order valence-electron chi connectivity index (χ1n) is 13.6. The zero-order chi connectivity index (χ0) is 24.7. The molecule has 2 aliphatic carbocycles. The fraction of sp³-hybridized carbons (Fsp3) is 0.655. The van der Waals surface area contributed by atoms with Crippen LogP contribution in [-0.2, 0) is 16.0 Å². The molecule has 2 saturated carbocycles. The van der Waals surface area contributed by atoms with Crippen molar-refractivity contribution >= 4 is 22.9 Å². The highest BCUT2D eigenvalue weighted by Gasteiger charge is 2.42. The number of fused-ring (bicyclic) bond motifs is 3. The van der Waals surface area contributed by atoms with E-state index in [0.29, 0.717) is 24.3 Å². The summed E-state index contributed by atoms with van der Waals surface area (Å²) in [6, 6.07) is 8.78. The summed E-state index contributed by atoms with van der Waals surface area (Å²) in [6.07, 6.45) is 8.19. The van der Waals surface area contributed by atoms with Gasteiger partial charge >= 0.3 is 6.09 Å². The van der Waals surface area contributed by atoms with Crippen LogP contribution in [0.1, 0.15) is 83.0 Å². The lowest BCUT2D eigenvalue weighted by Crippen LogP contribution is -2.47. The minimum Gasteiger partial charge on any atom is -0.444 e. The van der Waals surface area contributed by atoms with E-state index in [0.717, 1.165) is 38.6 Å².